The molecule has 1 aliphatic rings. The van der Waals surface area contributed by atoms with Crippen LogP contribution >= 0.6 is 0 Å². The number of carbonyl (C=O) groups is 3. The summed E-state index contributed by atoms with van der Waals surface area (Å²) in [6.07, 6.45) is -3.18. The second-order valence-electron chi connectivity index (χ2n) is 7.65. The van der Waals surface area contributed by atoms with Gasteiger partial charge in [-0.05, 0) is 22.3 Å². The third kappa shape index (κ3) is 5.86. The molecule has 0 heterocycles. The van der Waals surface area contributed by atoms with E-state index in [4.69, 9.17) is 16.3 Å². The van der Waals surface area contributed by atoms with Crippen LogP contribution in [0.5, 0.6) is 0 Å². The Labute approximate surface area is 193 Å². The maximum atomic E-state index is 13.0. The second kappa shape index (κ2) is 10.3. The van der Waals surface area contributed by atoms with Gasteiger partial charge in [0.1, 0.15) is 18.7 Å². The van der Waals surface area contributed by atoms with Crippen molar-refractivity contribution in [3.63, 3.8) is 0 Å². The first-order valence-electron chi connectivity index (χ1n) is 10.3. The molecule has 0 bridgehead atoms. The number of alkyl halides is 3. The molecule has 34 heavy (non-hydrogen) atoms. The third-order valence-electron chi connectivity index (χ3n) is 5.32. The number of terminal acetylenes is 1. The Bertz CT molecular complexity index is 1080. The van der Waals surface area contributed by atoms with Crippen LogP contribution in [-0.4, -0.2) is 47.9 Å². The summed E-state index contributed by atoms with van der Waals surface area (Å²) in [7, 11) is 0. The Balaban J connectivity index is 1.70. The topological polar surface area (TPSA) is 105 Å². The normalized spacial score (nSPS) is 14.2. The molecule has 2 aromatic carbocycles. The van der Waals surface area contributed by atoms with Gasteiger partial charge >= 0.3 is 18.2 Å². The number of nitrogens with one attached hydrogen (secondary N) is 2. The van der Waals surface area contributed by atoms with Crippen LogP contribution in [0.2, 0.25) is 0 Å². The Morgan fingerprint density at radius 3 is 2.06 bits per heavy atom. The van der Waals surface area contributed by atoms with Gasteiger partial charge in [-0.15, -0.1) is 12.3 Å². The summed E-state index contributed by atoms with van der Waals surface area (Å²) in [6, 6.07) is 11.3. The molecule has 0 aliphatic heterocycles. The van der Waals surface area contributed by atoms with E-state index in [0.717, 1.165) is 22.3 Å². The number of aliphatic carboxylic acids is 1. The van der Waals surface area contributed by atoms with Gasteiger partial charge in [-0.3, -0.25) is 4.79 Å². The second-order valence-corrected chi connectivity index (χ2v) is 7.65. The fourth-order valence-electron chi connectivity index (χ4n) is 3.81. The Kier molecular flexibility index (Phi) is 7.46. The van der Waals surface area contributed by atoms with Crippen molar-refractivity contribution >= 4 is 18.0 Å². The van der Waals surface area contributed by atoms with E-state index >= 15 is 0 Å². The molecule has 1 aliphatic carbocycles. The lowest BCUT2D eigenvalue weighted by Crippen LogP contribution is -2.53. The average molecular weight is 474 g/mol. The zero-order valence-electron chi connectivity index (χ0n) is 17.8. The Morgan fingerprint density at radius 1 is 1.00 bits per heavy atom. The summed E-state index contributed by atoms with van der Waals surface area (Å²) >= 11 is 0. The largest absolute Gasteiger partial charge is 0.480 e. The first kappa shape index (κ1) is 24.6. The van der Waals surface area contributed by atoms with E-state index < -0.39 is 49.1 Å². The fourth-order valence-corrected chi connectivity index (χ4v) is 3.81. The molecule has 2 aromatic rings. The van der Waals surface area contributed by atoms with Crippen LogP contribution in [0.1, 0.15) is 29.9 Å². The van der Waals surface area contributed by atoms with Crippen molar-refractivity contribution < 1.29 is 37.4 Å². The van der Waals surface area contributed by atoms with Crippen molar-refractivity contribution in [3.05, 3.63) is 59.7 Å². The van der Waals surface area contributed by atoms with Crippen molar-refractivity contribution in [1.29, 1.82) is 0 Å². The standard InChI is InChI=1S/C24H21F3N2O5/c1-2-7-19(22(31)32)28-21(30)20(12-24(25,26)27)29-23(33)34-13-18-16-10-5-3-8-14(16)15-9-4-6-11-17(15)18/h1,3-6,8-11,18-20H,7,12-13H2,(H,28,30)(H,29,33)(H,31,32). The molecule has 0 aromatic heterocycles. The molecule has 3 N–H and O–H groups in total. The number of halogens is 3. The van der Waals surface area contributed by atoms with Crippen molar-refractivity contribution in [2.45, 2.75) is 37.0 Å². The number of carbonyl (C=O) groups excluding carboxylic acids is 2. The SMILES string of the molecule is C#CCC(NC(=O)C(CC(F)(F)F)NC(=O)OCC1c2ccccc2-c2ccccc21)C(=O)O. The minimum atomic E-state index is -4.82. The first-order valence-corrected chi connectivity index (χ1v) is 10.3. The minimum Gasteiger partial charge on any atom is -0.480 e. The number of ether oxygens (including phenoxy) is 1. The summed E-state index contributed by atoms with van der Waals surface area (Å²) in [4.78, 5) is 35.8. The van der Waals surface area contributed by atoms with E-state index in [1.807, 2.05) is 65.1 Å². The van der Waals surface area contributed by atoms with Crippen LogP contribution in [0.15, 0.2) is 48.5 Å². The van der Waals surface area contributed by atoms with Crippen molar-refractivity contribution in [2.75, 3.05) is 6.61 Å². The average Bonchev–Trinajstić information content (AvgIpc) is 3.09. The Morgan fingerprint density at radius 2 is 1.56 bits per heavy atom. The lowest BCUT2D eigenvalue weighted by atomic mass is 9.98. The molecule has 3 rings (SSSR count). The first-order chi connectivity index (χ1) is 16.1. The molecule has 0 radical (unpaired) electrons. The molecule has 0 fully saturated rings. The van der Waals surface area contributed by atoms with Gasteiger partial charge in [-0.25, -0.2) is 9.59 Å². The highest BCUT2D eigenvalue weighted by Crippen LogP contribution is 2.44. The summed E-state index contributed by atoms with van der Waals surface area (Å²) in [6.45, 7) is -0.172. The number of benzene rings is 2. The lowest BCUT2D eigenvalue weighted by Gasteiger charge is -2.22. The third-order valence-corrected chi connectivity index (χ3v) is 5.32. The predicted octanol–water partition coefficient (Wildman–Crippen LogP) is 3.44. The molecule has 2 unspecified atom stereocenters. The number of hydrogen-bond donors (Lipinski definition) is 3. The van der Waals surface area contributed by atoms with Gasteiger partial charge in [0.25, 0.3) is 0 Å². The molecule has 0 spiro atoms. The van der Waals surface area contributed by atoms with Crippen LogP contribution in [0, 0.1) is 12.3 Å². The Hall–Kier alpha value is -4.00. The van der Waals surface area contributed by atoms with Crippen LogP contribution < -0.4 is 10.6 Å². The highest BCUT2D eigenvalue weighted by molar-refractivity contribution is 5.89. The van der Waals surface area contributed by atoms with E-state index in [-0.39, 0.29) is 12.5 Å². The van der Waals surface area contributed by atoms with Gasteiger partial charge in [-0.2, -0.15) is 13.2 Å². The maximum absolute atomic E-state index is 13.0. The molecule has 0 saturated heterocycles. The smallest absolute Gasteiger partial charge is 0.407 e. The number of amides is 2. The van der Waals surface area contributed by atoms with Gasteiger partial charge in [0.2, 0.25) is 5.91 Å². The predicted molar refractivity (Wildman–Crippen MR) is 116 cm³/mol. The maximum Gasteiger partial charge on any atom is 0.407 e. The number of carboxylic acids is 1. The molecule has 10 heteroatoms. The number of fused-ring (bicyclic) bond motifs is 3. The van der Waals surface area contributed by atoms with Gasteiger partial charge in [0.15, 0.2) is 0 Å². The number of alkyl carbamates (subject to hydrolysis) is 1. The number of carboxylic acid groups (broad SMARTS) is 1. The van der Waals surface area contributed by atoms with Crippen LogP contribution in [0.4, 0.5) is 18.0 Å². The summed E-state index contributed by atoms with van der Waals surface area (Å²) in [5, 5.41) is 12.9. The molecule has 7 nitrogen and oxygen atoms in total. The monoisotopic (exact) mass is 474 g/mol. The lowest BCUT2D eigenvalue weighted by molar-refractivity contribution is -0.150. The molecule has 178 valence electrons. The molecule has 2 atom stereocenters. The van der Waals surface area contributed by atoms with Crippen LogP contribution in [-0.2, 0) is 14.3 Å². The van der Waals surface area contributed by atoms with E-state index in [1.54, 1.807) is 0 Å². The number of hydrogen-bond acceptors (Lipinski definition) is 4. The minimum absolute atomic E-state index is 0.172. The summed E-state index contributed by atoms with van der Waals surface area (Å²) in [5.74, 6) is -1.17. The van der Waals surface area contributed by atoms with Crippen molar-refractivity contribution in [2.24, 2.45) is 0 Å². The van der Waals surface area contributed by atoms with Gasteiger partial charge < -0.3 is 20.5 Å². The quantitative estimate of drug-likeness (QED) is 0.509. The molecule has 2 amide bonds. The molecular formula is C24H21F3N2O5. The van der Waals surface area contributed by atoms with E-state index in [9.17, 15) is 27.6 Å². The fraction of sp³-hybridized carbons (Fsp3) is 0.292. The zero-order chi connectivity index (χ0) is 24.9. The van der Waals surface area contributed by atoms with Gasteiger partial charge in [0, 0.05) is 12.3 Å². The highest BCUT2D eigenvalue weighted by atomic mass is 19.4. The summed E-state index contributed by atoms with van der Waals surface area (Å²) < 4.78 is 44.2. The molecule has 0 saturated carbocycles. The summed E-state index contributed by atoms with van der Waals surface area (Å²) in [5.41, 5.74) is 3.74. The van der Waals surface area contributed by atoms with Crippen molar-refractivity contribution in [3.8, 4) is 23.5 Å². The van der Waals surface area contributed by atoms with Crippen molar-refractivity contribution in [1.82, 2.24) is 10.6 Å². The van der Waals surface area contributed by atoms with E-state index in [0.29, 0.717) is 0 Å². The zero-order valence-corrected chi connectivity index (χ0v) is 17.8. The number of rotatable bonds is 8. The van der Waals surface area contributed by atoms with Crippen LogP contribution in [0.3, 0.4) is 0 Å². The highest BCUT2D eigenvalue weighted by Gasteiger charge is 2.38. The van der Waals surface area contributed by atoms with Gasteiger partial charge in [0.05, 0.1) is 6.42 Å². The van der Waals surface area contributed by atoms with E-state index in [1.165, 1.54) is 0 Å². The van der Waals surface area contributed by atoms with Crippen LogP contribution in [0.25, 0.3) is 11.1 Å². The molecular weight excluding hydrogens is 453 g/mol. The van der Waals surface area contributed by atoms with Gasteiger partial charge in [-0.1, -0.05) is 48.5 Å². The van der Waals surface area contributed by atoms with E-state index in [2.05, 4.69) is 0 Å².